The number of fused-ring (bicyclic) bond motifs is 2. The van der Waals surface area contributed by atoms with E-state index in [1.807, 2.05) is 0 Å². The van der Waals surface area contributed by atoms with E-state index in [-0.39, 0.29) is 52.7 Å². The van der Waals surface area contributed by atoms with Gasteiger partial charge in [-0.05, 0) is 68.0 Å². The molecule has 55 heavy (non-hydrogen) atoms. The summed E-state index contributed by atoms with van der Waals surface area (Å²) in [5.74, 6) is 0.192. The molecule has 0 saturated carbocycles. The van der Waals surface area contributed by atoms with Crippen molar-refractivity contribution in [2.45, 2.75) is 69.6 Å². The van der Waals surface area contributed by atoms with Crippen LogP contribution in [0.3, 0.4) is 0 Å². The number of esters is 1. The number of hydrogen-bond donors (Lipinski definition) is 4. The Hall–Kier alpha value is -5.50. The Morgan fingerprint density at radius 1 is 1.02 bits per heavy atom. The second kappa shape index (κ2) is 19.2. The molecular formula is C41H47N3O10S. The minimum absolute atomic E-state index is 0.0127. The molecule has 0 spiro atoms. The topological polar surface area (TPSA) is 186 Å². The molecule has 2 atom stereocenters. The molecule has 13 nitrogen and oxygen atoms in total. The number of thioether (sulfide) groups is 1. The first-order valence-corrected chi connectivity index (χ1v) is 19.3. The van der Waals surface area contributed by atoms with Crippen molar-refractivity contribution in [3.8, 4) is 28.7 Å². The van der Waals surface area contributed by atoms with Crippen LogP contribution in [0.4, 0.5) is 0 Å². The van der Waals surface area contributed by atoms with Crippen molar-refractivity contribution >= 4 is 46.4 Å². The predicted octanol–water partition coefficient (Wildman–Crippen LogP) is 6.41. The van der Waals surface area contributed by atoms with Gasteiger partial charge in [-0.15, -0.1) is 0 Å². The molecule has 5 rings (SSSR count). The molecule has 0 bridgehead atoms. The summed E-state index contributed by atoms with van der Waals surface area (Å²) in [6.07, 6.45) is 5.83. The second-order valence-corrected chi connectivity index (χ2v) is 14.3. The summed E-state index contributed by atoms with van der Waals surface area (Å²) in [6.45, 7) is 2.02. The maximum absolute atomic E-state index is 13.6. The second-order valence-electron chi connectivity index (χ2n) is 13.2. The summed E-state index contributed by atoms with van der Waals surface area (Å²) >= 11 is 1.46. The first-order chi connectivity index (χ1) is 26.5. The molecule has 292 valence electrons. The van der Waals surface area contributed by atoms with Crippen LogP contribution >= 0.6 is 11.8 Å². The van der Waals surface area contributed by atoms with E-state index < -0.39 is 23.7 Å². The number of methoxy groups -OCH3 is 3. The van der Waals surface area contributed by atoms with Gasteiger partial charge in [0.2, 0.25) is 5.91 Å². The van der Waals surface area contributed by atoms with Gasteiger partial charge in [-0.25, -0.2) is 9.78 Å². The number of phenols is 2. The Balaban J connectivity index is 1.34. The SMILES string of the molecule is COc1ccc(C(CC(=O)NCCSCc2nc3cc(OC)c(OC)cc3c(=O)[nH]2)c2c(O)cc3c(c2O)C(=O)O[C@@H](C)CCCC(=O)CCCC=C3)cc1. The van der Waals surface area contributed by atoms with E-state index in [4.69, 9.17) is 18.9 Å². The number of carbonyl (C=O) groups excluding carboxylic acids is 3. The number of cyclic esters (lactones) is 1. The molecule has 0 aliphatic carbocycles. The lowest BCUT2D eigenvalue weighted by molar-refractivity contribution is -0.121. The van der Waals surface area contributed by atoms with Crippen LogP contribution in [-0.2, 0) is 20.1 Å². The number of ketones is 1. The maximum atomic E-state index is 13.6. The van der Waals surface area contributed by atoms with Crippen LogP contribution in [-0.4, -0.2) is 77.6 Å². The van der Waals surface area contributed by atoms with Crippen molar-refractivity contribution in [2.75, 3.05) is 33.6 Å². The predicted molar refractivity (Wildman–Crippen MR) is 210 cm³/mol. The van der Waals surface area contributed by atoms with E-state index in [1.54, 1.807) is 55.5 Å². The molecule has 1 unspecified atom stereocenters. The molecule has 0 radical (unpaired) electrons. The minimum atomic E-state index is -0.861. The number of allylic oxidation sites excluding steroid dienone is 1. The largest absolute Gasteiger partial charge is 0.507 e. The summed E-state index contributed by atoms with van der Waals surface area (Å²) < 4.78 is 21.7. The van der Waals surface area contributed by atoms with Gasteiger partial charge in [-0.2, -0.15) is 11.8 Å². The van der Waals surface area contributed by atoms with Crippen LogP contribution in [0.1, 0.15) is 90.7 Å². The van der Waals surface area contributed by atoms with Crippen molar-refractivity contribution in [1.29, 1.82) is 0 Å². The van der Waals surface area contributed by atoms with Gasteiger partial charge >= 0.3 is 5.97 Å². The van der Waals surface area contributed by atoms with Crippen molar-refractivity contribution in [3.05, 3.63) is 87.0 Å². The number of ether oxygens (including phenoxy) is 4. The first kappa shape index (κ1) is 40.7. The number of H-pyrrole nitrogens is 1. The average molecular weight is 774 g/mol. The third-order valence-electron chi connectivity index (χ3n) is 9.37. The molecule has 4 N–H and O–H groups in total. The van der Waals surface area contributed by atoms with Crippen molar-refractivity contribution in [2.24, 2.45) is 0 Å². The summed E-state index contributed by atoms with van der Waals surface area (Å²) in [5.41, 5.74) is 0.915. The first-order valence-electron chi connectivity index (χ1n) is 18.1. The number of aromatic nitrogens is 2. The Labute approximate surface area is 323 Å². The quantitative estimate of drug-likeness (QED) is 0.0917. The molecule has 2 heterocycles. The van der Waals surface area contributed by atoms with Crippen LogP contribution in [0.25, 0.3) is 17.0 Å². The van der Waals surface area contributed by atoms with Crippen molar-refractivity contribution < 1.29 is 43.5 Å². The Kier molecular flexibility index (Phi) is 14.2. The molecule has 14 heteroatoms. The summed E-state index contributed by atoms with van der Waals surface area (Å²) in [5, 5.41) is 26.5. The summed E-state index contributed by atoms with van der Waals surface area (Å²) in [4.78, 5) is 59.5. The smallest absolute Gasteiger partial charge is 0.342 e. The number of carbonyl (C=O) groups is 3. The monoisotopic (exact) mass is 773 g/mol. The number of phenolic OH excluding ortho intramolecular Hbond substituents is 2. The third kappa shape index (κ3) is 10.4. The number of amides is 1. The van der Waals surface area contributed by atoms with Gasteiger partial charge in [0.05, 0.1) is 44.1 Å². The number of aromatic hydroxyl groups is 2. The van der Waals surface area contributed by atoms with E-state index >= 15 is 0 Å². The van der Waals surface area contributed by atoms with Gasteiger partial charge in [0.15, 0.2) is 11.5 Å². The number of aromatic amines is 1. The fourth-order valence-electron chi connectivity index (χ4n) is 6.51. The Morgan fingerprint density at radius 3 is 2.47 bits per heavy atom. The number of rotatable bonds is 12. The van der Waals surface area contributed by atoms with Crippen LogP contribution < -0.4 is 25.1 Å². The lowest BCUT2D eigenvalue weighted by Gasteiger charge is -2.23. The maximum Gasteiger partial charge on any atom is 0.342 e. The van der Waals surface area contributed by atoms with Gasteiger partial charge < -0.3 is 39.5 Å². The van der Waals surface area contributed by atoms with Crippen LogP contribution in [0.15, 0.2) is 53.3 Å². The van der Waals surface area contributed by atoms with Gasteiger partial charge in [0.1, 0.15) is 34.4 Å². The molecule has 3 aromatic carbocycles. The van der Waals surface area contributed by atoms with E-state index in [2.05, 4.69) is 15.3 Å². The summed E-state index contributed by atoms with van der Waals surface area (Å²) in [6, 6.07) is 11.5. The highest BCUT2D eigenvalue weighted by Crippen LogP contribution is 2.44. The van der Waals surface area contributed by atoms with E-state index in [1.165, 1.54) is 39.2 Å². The van der Waals surface area contributed by atoms with Crippen molar-refractivity contribution in [1.82, 2.24) is 15.3 Å². The molecule has 1 aromatic heterocycles. The Bertz CT molecular complexity index is 2100. The molecule has 0 saturated heterocycles. The van der Waals surface area contributed by atoms with Gasteiger partial charge in [-0.3, -0.25) is 14.4 Å². The van der Waals surface area contributed by atoms with E-state index in [0.717, 1.165) is 0 Å². The molecular weight excluding hydrogens is 727 g/mol. The standard InChI is InChI=1S/C41H47N3O10S/c1-24-9-8-12-27(45)11-7-5-6-10-26-19-32(46)38(39(48)37(26)41(50)54-24)29(25-13-15-28(51-2)16-14-25)21-36(47)42-17-18-55-23-35-43-31-22-34(53-4)33(52-3)20-30(31)40(49)44-35/h6,10,13-16,19-20,22,24,29,46,48H,5,7-9,11-12,17-18,21,23H2,1-4H3,(H,42,47)(H,43,44,49)/t24-,29?/m0/s1. The molecule has 1 amide bonds. The number of Topliss-reactive ketones (excluding diaryl/α,β-unsaturated/α-hetero) is 1. The average Bonchev–Trinajstić information content (AvgIpc) is 3.16. The normalized spacial score (nSPS) is 15.7. The van der Waals surface area contributed by atoms with Crippen LogP contribution in [0, 0.1) is 0 Å². The zero-order valence-electron chi connectivity index (χ0n) is 31.4. The highest BCUT2D eigenvalue weighted by Gasteiger charge is 2.31. The highest BCUT2D eigenvalue weighted by molar-refractivity contribution is 7.98. The number of benzene rings is 3. The molecule has 4 aromatic rings. The van der Waals surface area contributed by atoms with E-state index in [0.29, 0.717) is 89.6 Å². The number of nitrogens with zero attached hydrogens (tertiary/aromatic N) is 1. The zero-order chi connectivity index (χ0) is 39.5. The van der Waals surface area contributed by atoms with Gasteiger partial charge in [0.25, 0.3) is 5.56 Å². The fourth-order valence-corrected chi connectivity index (χ4v) is 7.23. The van der Waals surface area contributed by atoms with Gasteiger partial charge in [0, 0.05) is 49.1 Å². The minimum Gasteiger partial charge on any atom is -0.507 e. The molecule has 1 aliphatic rings. The van der Waals surface area contributed by atoms with Gasteiger partial charge in [-0.1, -0.05) is 24.3 Å². The number of hydrogen-bond acceptors (Lipinski definition) is 12. The zero-order valence-corrected chi connectivity index (χ0v) is 32.3. The molecule has 1 aliphatic heterocycles. The van der Waals surface area contributed by atoms with E-state index in [9.17, 15) is 29.4 Å². The van der Waals surface area contributed by atoms with Crippen LogP contribution in [0.2, 0.25) is 0 Å². The summed E-state index contributed by atoms with van der Waals surface area (Å²) in [7, 11) is 4.53. The Morgan fingerprint density at radius 2 is 1.75 bits per heavy atom. The lowest BCUT2D eigenvalue weighted by Crippen LogP contribution is -2.27. The van der Waals surface area contributed by atoms with Crippen LogP contribution in [0.5, 0.6) is 28.7 Å². The highest BCUT2D eigenvalue weighted by atomic mass is 32.2. The fraction of sp³-hybridized carbons (Fsp3) is 0.390. The molecule has 0 fully saturated rings. The van der Waals surface area contributed by atoms with Crippen molar-refractivity contribution in [3.63, 3.8) is 0 Å². The third-order valence-corrected chi connectivity index (χ3v) is 10.3. The number of nitrogens with one attached hydrogen (secondary N) is 2. The lowest BCUT2D eigenvalue weighted by atomic mass is 9.84.